The predicted octanol–water partition coefficient (Wildman–Crippen LogP) is 4.12. The van der Waals surface area contributed by atoms with Crippen molar-refractivity contribution in [1.29, 1.82) is 0 Å². The Balaban J connectivity index is 1.16. The molecule has 1 fully saturated rings. The number of aliphatic carboxylic acids is 1. The van der Waals surface area contributed by atoms with E-state index in [4.69, 9.17) is 9.84 Å². The second-order valence-electron chi connectivity index (χ2n) is 8.82. The van der Waals surface area contributed by atoms with Crippen molar-refractivity contribution >= 4 is 29.3 Å². The quantitative estimate of drug-likeness (QED) is 0.466. The van der Waals surface area contributed by atoms with Crippen molar-refractivity contribution in [3.8, 4) is 11.1 Å². The summed E-state index contributed by atoms with van der Waals surface area (Å²) < 4.78 is 5.53. The molecule has 5 rings (SSSR count). The average molecular weight is 492 g/mol. The topological polar surface area (TPSA) is 109 Å². The predicted molar refractivity (Wildman–Crippen MR) is 130 cm³/mol. The number of nitrogens with one attached hydrogen (secondary N) is 1. The Morgan fingerprint density at radius 1 is 1.06 bits per heavy atom. The molecule has 1 aromatic heterocycles. The lowest BCUT2D eigenvalue weighted by Crippen LogP contribution is -2.36. The first kappa shape index (κ1) is 23.0. The number of aromatic nitrogens is 1. The van der Waals surface area contributed by atoms with Crippen LogP contribution in [0.1, 0.15) is 44.6 Å². The van der Waals surface area contributed by atoms with Gasteiger partial charge in [0.1, 0.15) is 23.0 Å². The number of amides is 2. The molecule has 2 aliphatic carbocycles. The Morgan fingerprint density at radius 2 is 1.71 bits per heavy atom. The summed E-state index contributed by atoms with van der Waals surface area (Å²) in [7, 11) is 0. The molecule has 0 aliphatic heterocycles. The van der Waals surface area contributed by atoms with E-state index in [1.807, 2.05) is 24.3 Å². The molecule has 0 atom stereocenters. The third kappa shape index (κ3) is 5.19. The van der Waals surface area contributed by atoms with E-state index >= 15 is 0 Å². The number of nitrogens with zero attached hydrogens (tertiary/aromatic N) is 2. The number of benzene rings is 2. The van der Waals surface area contributed by atoms with Gasteiger partial charge in [0.05, 0.1) is 12.7 Å². The fourth-order valence-corrected chi connectivity index (χ4v) is 5.26. The van der Waals surface area contributed by atoms with E-state index in [1.54, 1.807) is 0 Å². The molecule has 0 unspecified atom stereocenters. The van der Waals surface area contributed by atoms with Crippen LogP contribution in [0.3, 0.4) is 0 Å². The van der Waals surface area contributed by atoms with Crippen LogP contribution in [0.4, 0.5) is 4.79 Å². The zero-order valence-corrected chi connectivity index (χ0v) is 19.8. The van der Waals surface area contributed by atoms with Gasteiger partial charge in [0.2, 0.25) is 0 Å². The van der Waals surface area contributed by atoms with E-state index < -0.39 is 12.1 Å². The number of hydrogen-bond donors (Lipinski definition) is 2. The molecule has 2 N–H and O–H groups in total. The second-order valence-corrected chi connectivity index (χ2v) is 9.94. The van der Waals surface area contributed by atoms with Gasteiger partial charge in [-0.25, -0.2) is 9.78 Å². The van der Waals surface area contributed by atoms with E-state index in [2.05, 4.69) is 34.6 Å². The van der Waals surface area contributed by atoms with Gasteiger partial charge in [-0.15, -0.1) is 11.3 Å². The molecule has 2 amide bonds. The smallest absolute Gasteiger partial charge is 0.407 e. The molecule has 180 valence electrons. The van der Waals surface area contributed by atoms with Gasteiger partial charge in [-0.2, -0.15) is 0 Å². The highest BCUT2D eigenvalue weighted by molar-refractivity contribution is 7.13. The van der Waals surface area contributed by atoms with Crippen LogP contribution in [0.15, 0.2) is 54.7 Å². The van der Waals surface area contributed by atoms with Crippen molar-refractivity contribution < 1.29 is 24.2 Å². The summed E-state index contributed by atoms with van der Waals surface area (Å²) in [5.41, 5.74) is 4.61. The molecule has 2 aliphatic rings. The maximum atomic E-state index is 12.8. The van der Waals surface area contributed by atoms with Gasteiger partial charge >= 0.3 is 12.1 Å². The minimum Gasteiger partial charge on any atom is -0.480 e. The monoisotopic (exact) mass is 491 g/mol. The second kappa shape index (κ2) is 9.87. The van der Waals surface area contributed by atoms with Crippen molar-refractivity contribution in [3.05, 3.63) is 75.7 Å². The first-order valence-corrected chi connectivity index (χ1v) is 12.4. The van der Waals surface area contributed by atoms with Crippen molar-refractivity contribution in [2.45, 2.75) is 25.3 Å². The minimum atomic E-state index is -1.04. The summed E-state index contributed by atoms with van der Waals surface area (Å²) in [5, 5.41) is 12.4. The van der Waals surface area contributed by atoms with Gasteiger partial charge in [0.15, 0.2) is 0 Å². The van der Waals surface area contributed by atoms with Crippen molar-refractivity contribution in [3.63, 3.8) is 0 Å². The van der Waals surface area contributed by atoms with Crippen LogP contribution >= 0.6 is 11.3 Å². The molecule has 0 radical (unpaired) electrons. The summed E-state index contributed by atoms with van der Waals surface area (Å²) in [6.07, 6.45) is 2.91. The van der Waals surface area contributed by atoms with Gasteiger partial charge in [0.25, 0.3) is 5.91 Å². The van der Waals surface area contributed by atoms with Crippen LogP contribution in [0.25, 0.3) is 11.1 Å². The third-order valence-corrected chi connectivity index (χ3v) is 7.27. The van der Waals surface area contributed by atoms with E-state index in [1.165, 1.54) is 11.1 Å². The Hall–Kier alpha value is -3.72. The zero-order chi connectivity index (χ0) is 24.4. The van der Waals surface area contributed by atoms with Crippen LogP contribution in [0.5, 0.6) is 0 Å². The Labute approximate surface area is 206 Å². The summed E-state index contributed by atoms with van der Waals surface area (Å²) in [6, 6.07) is 16.3. The molecule has 35 heavy (non-hydrogen) atoms. The van der Waals surface area contributed by atoms with Crippen LogP contribution in [0.2, 0.25) is 0 Å². The van der Waals surface area contributed by atoms with Crippen molar-refractivity contribution in [1.82, 2.24) is 15.2 Å². The SMILES string of the molecule is O=C(O)CN(CC1CC1)C(=O)c1cnc(CNC(=O)OCC2c3ccccc3-c3ccccc32)s1. The van der Waals surface area contributed by atoms with Gasteiger partial charge in [-0.3, -0.25) is 9.59 Å². The number of ether oxygens (including phenoxy) is 1. The highest BCUT2D eigenvalue weighted by atomic mass is 32.1. The number of carbonyl (C=O) groups excluding carboxylic acids is 2. The molecule has 1 heterocycles. The Bertz CT molecular complexity index is 1220. The molecular formula is C26H25N3O5S. The van der Waals surface area contributed by atoms with E-state index in [9.17, 15) is 14.4 Å². The largest absolute Gasteiger partial charge is 0.480 e. The molecule has 0 saturated heterocycles. The molecular weight excluding hydrogens is 466 g/mol. The molecule has 3 aromatic rings. The fourth-order valence-electron chi connectivity index (χ4n) is 4.44. The number of carbonyl (C=O) groups is 3. The van der Waals surface area contributed by atoms with Gasteiger partial charge in [0, 0.05) is 12.5 Å². The molecule has 1 saturated carbocycles. The van der Waals surface area contributed by atoms with Crippen molar-refractivity contribution in [2.75, 3.05) is 19.7 Å². The molecule has 9 heteroatoms. The van der Waals surface area contributed by atoms with Gasteiger partial charge < -0.3 is 20.1 Å². The Morgan fingerprint density at radius 3 is 2.34 bits per heavy atom. The summed E-state index contributed by atoms with van der Waals surface area (Å²) in [4.78, 5) is 42.3. The molecule has 0 bridgehead atoms. The van der Waals surface area contributed by atoms with Crippen LogP contribution in [-0.2, 0) is 16.1 Å². The summed E-state index contributed by atoms with van der Waals surface area (Å²) >= 11 is 1.15. The fraction of sp³-hybridized carbons (Fsp3) is 0.308. The van der Waals surface area contributed by atoms with Crippen LogP contribution in [-0.4, -0.2) is 52.7 Å². The first-order chi connectivity index (χ1) is 17.0. The lowest BCUT2D eigenvalue weighted by atomic mass is 9.98. The number of hydrogen-bond acceptors (Lipinski definition) is 6. The van der Waals surface area contributed by atoms with E-state index in [-0.39, 0.29) is 31.5 Å². The number of fused-ring (bicyclic) bond motifs is 3. The number of rotatable bonds is 9. The third-order valence-electron chi connectivity index (χ3n) is 6.28. The molecule has 2 aromatic carbocycles. The minimum absolute atomic E-state index is 0.0241. The van der Waals surface area contributed by atoms with Crippen molar-refractivity contribution in [2.24, 2.45) is 5.92 Å². The van der Waals surface area contributed by atoms with Crippen LogP contribution in [0, 0.1) is 5.92 Å². The lowest BCUT2D eigenvalue weighted by molar-refractivity contribution is -0.137. The number of carboxylic acids is 1. The lowest BCUT2D eigenvalue weighted by Gasteiger charge is -2.19. The molecule has 0 spiro atoms. The number of alkyl carbamates (subject to hydrolysis) is 1. The number of thiazole rings is 1. The zero-order valence-electron chi connectivity index (χ0n) is 19.0. The van der Waals surface area contributed by atoms with E-state index in [0.29, 0.717) is 22.3 Å². The van der Waals surface area contributed by atoms with Gasteiger partial charge in [-0.05, 0) is 41.0 Å². The highest BCUT2D eigenvalue weighted by Gasteiger charge is 2.30. The highest BCUT2D eigenvalue weighted by Crippen LogP contribution is 2.44. The van der Waals surface area contributed by atoms with E-state index in [0.717, 1.165) is 46.4 Å². The maximum Gasteiger partial charge on any atom is 0.407 e. The average Bonchev–Trinajstić information content (AvgIpc) is 3.45. The summed E-state index contributed by atoms with van der Waals surface area (Å²) in [5.74, 6) is -1.03. The normalized spacial score (nSPS) is 14.2. The first-order valence-electron chi connectivity index (χ1n) is 11.5. The van der Waals surface area contributed by atoms with Crippen LogP contribution < -0.4 is 5.32 Å². The summed E-state index contributed by atoms with van der Waals surface area (Å²) in [6.45, 7) is 0.444. The van der Waals surface area contributed by atoms with Gasteiger partial charge in [-0.1, -0.05) is 48.5 Å². The number of carboxylic acid groups (broad SMARTS) is 1. The Kier molecular flexibility index (Phi) is 6.50. The standard InChI is InChI=1S/C26H25N3O5S/c30-24(31)14-29(13-16-9-10-16)25(32)22-11-27-23(35-22)12-28-26(33)34-15-21-19-7-3-1-5-17(19)18-6-2-4-8-20(18)21/h1-8,11,16,21H,9-10,12-15H2,(H,28,33)(H,30,31). The maximum absolute atomic E-state index is 12.8. The molecule has 8 nitrogen and oxygen atoms in total.